The van der Waals surface area contributed by atoms with Crippen molar-refractivity contribution in [2.45, 2.75) is 45.9 Å². The molecule has 9 nitrogen and oxygen atoms in total. The van der Waals surface area contributed by atoms with Gasteiger partial charge in [-0.2, -0.15) is 0 Å². The van der Waals surface area contributed by atoms with E-state index in [0.717, 1.165) is 35.6 Å². The van der Waals surface area contributed by atoms with Crippen molar-refractivity contribution in [1.82, 2.24) is 20.2 Å². The van der Waals surface area contributed by atoms with Crippen molar-refractivity contribution in [3.05, 3.63) is 62.5 Å². The third-order valence-corrected chi connectivity index (χ3v) is 6.45. The molecule has 3 heterocycles. The standard InChI is InChI=1S/C22H22N4O5S/c1-12-16-19(24-15-9-6-10-26(15)20(16)28)32-17(12)21(29)31-13(2)18(27)25-22(30)23-11-14-7-4-3-5-8-14/h3-5,7-8,13H,6,9-11H2,1-2H3,(H2,23,25,27,30). The Labute approximate surface area is 187 Å². The molecule has 0 aliphatic carbocycles. The topological polar surface area (TPSA) is 119 Å². The lowest BCUT2D eigenvalue weighted by Crippen LogP contribution is -2.44. The second-order valence-electron chi connectivity index (χ2n) is 7.53. The number of urea groups is 1. The Morgan fingerprint density at radius 3 is 2.75 bits per heavy atom. The molecule has 3 amide bonds. The smallest absolute Gasteiger partial charge is 0.349 e. The van der Waals surface area contributed by atoms with Crippen LogP contribution < -0.4 is 16.2 Å². The summed E-state index contributed by atoms with van der Waals surface area (Å²) < 4.78 is 6.90. The second kappa shape index (κ2) is 8.91. The van der Waals surface area contributed by atoms with E-state index in [4.69, 9.17) is 4.74 Å². The first-order valence-electron chi connectivity index (χ1n) is 10.2. The van der Waals surface area contributed by atoms with E-state index < -0.39 is 24.0 Å². The van der Waals surface area contributed by atoms with Crippen molar-refractivity contribution in [2.24, 2.45) is 0 Å². The van der Waals surface area contributed by atoms with Crippen LogP contribution in [0.1, 0.15) is 40.0 Å². The number of imide groups is 1. The first-order chi connectivity index (χ1) is 15.3. The predicted molar refractivity (Wildman–Crippen MR) is 119 cm³/mol. The van der Waals surface area contributed by atoms with Gasteiger partial charge >= 0.3 is 12.0 Å². The average molecular weight is 455 g/mol. The fraction of sp³-hybridized carbons (Fsp3) is 0.318. The highest BCUT2D eigenvalue weighted by Gasteiger charge is 2.27. The van der Waals surface area contributed by atoms with Crippen molar-refractivity contribution >= 4 is 39.5 Å². The number of amides is 3. The minimum atomic E-state index is -1.20. The molecule has 1 aliphatic rings. The van der Waals surface area contributed by atoms with Crippen LogP contribution in [0.3, 0.4) is 0 Å². The Morgan fingerprint density at radius 2 is 2.00 bits per heavy atom. The van der Waals surface area contributed by atoms with Gasteiger partial charge in [-0.05, 0) is 31.4 Å². The lowest BCUT2D eigenvalue weighted by Gasteiger charge is -2.13. The maximum Gasteiger partial charge on any atom is 0.349 e. The summed E-state index contributed by atoms with van der Waals surface area (Å²) in [5.74, 6) is -0.764. The van der Waals surface area contributed by atoms with Gasteiger partial charge in [-0.15, -0.1) is 11.3 Å². The van der Waals surface area contributed by atoms with E-state index in [9.17, 15) is 19.2 Å². The van der Waals surface area contributed by atoms with Gasteiger partial charge in [0.05, 0.1) is 5.39 Å². The average Bonchev–Trinajstić information content (AvgIpc) is 3.38. The highest BCUT2D eigenvalue weighted by Crippen LogP contribution is 2.29. The number of hydrogen-bond acceptors (Lipinski definition) is 7. The molecular weight excluding hydrogens is 432 g/mol. The summed E-state index contributed by atoms with van der Waals surface area (Å²) in [5.41, 5.74) is 1.21. The highest BCUT2D eigenvalue weighted by molar-refractivity contribution is 7.20. The number of ether oxygens (including phenoxy) is 1. The van der Waals surface area contributed by atoms with E-state index >= 15 is 0 Å². The monoisotopic (exact) mass is 454 g/mol. The van der Waals surface area contributed by atoms with Gasteiger partial charge in [0, 0.05) is 19.5 Å². The zero-order chi connectivity index (χ0) is 22.8. The molecule has 4 rings (SSSR count). The van der Waals surface area contributed by atoms with E-state index in [-0.39, 0.29) is 17.0 Å². The summed E-state index contributed by atoms with van der Waals surface area (Å²) in [5, 5.41) is 5.14. The fourth-order valence-electron chi connectivity index (χ4n) is 3.57. The molecule has 1 unspecified atom stereocenters. The first kappa shape index (κ1) is 21.7. The number of esters is 1. The van der Waals surface area contributed by atoms with E-state index in [0.29, 0.717) is 22.3 Å². The molecule has 3 aromatic rings. The molecule has 0 spiro atoms. The summed E-state index contributed by atoms with van der Waals surface area (Å²) in [6.45, 7) is 3.92. The number of carbonyl (C=O) groups is 3. The largest absolute Gasteiger partial charge is 0.448 e. The number of hydrogen-bond donors (Lipinski definition) is 2. The molecule has 0 radical (unpaired) electrons. The van der Waals surface area contributed by atoms with Crippen LogP contribution in [0, 0.1) is 6.92 Å². The number of carbonyl (C=O) groups excluding carboxylic acids is 3. The Hall–Kier alpha value is -3.53. The van der Waals surface area contributed by atoms with Gasteiger partial charge in [0.25, 0.3) is 11.5 Å². The van der Waals surface area contributed by atoms with Crippen LogP contribution in [0.15, 0.2) is 35.1 Å². The molecular formula is C22H22N4O5S. The molecule has 0 saturated heterocycles. The molecule has 0 saturated carbocycles. The van der Waals surface area contributed by atoms with Crippen molar-refractivity contribution in [3.8, 4) is 0 Å². The minimum absolute atomic E-state index is 0.156. The van der Waals surface area contributed by atoms with Crippen molar-refractivity contribution in [1.29, 1.82) is 0 Å². The molecule has 0 bridgehead atoms. The van der Waals surface area contributed by atoms with E-state index in [1.165, 1.54) is 6.92 Å². The number of nitrogens with zero attached hydrogens (tertiary/aromatic N) is 2. The van der Waals surface area contributed by atoms with Gasteiger partial charge < -0.3 is 10.1 Å². The first-order valence-corrected chi connectivity index (χ1v) is 11.0. The van der Waals surface area contributed by atoms with Crippen molar-refractivity contribution in [2.75, 3.05) is 0 Å². The maximum atomic E-state index is 12.8. The molecule has 32 heavy (non-hydrogen) atoms. The Bertz CT molecular complexity index is 1260. The van der Waals surface area contributed by atoms with Gasteiger partial charge in [0.2, 0.25) is 0 Å². The van der Waals surface area contributed by atoms with Gasteiger partial charge in [-0.25, -0.2) is 14.6 Å². The van der Waals surface area contributed by atoms with Crippen LogP contribution in [0.25, 0.3) is 10.2 Å². The lowest BCUT2D eigenvalue weighted by molar-refractivity contribution is -0.127. The summed E-state index contributed by atoms with van der Waals surface area (Å²) >= 11 is 1.08. The summed E-state index contributed by atoms with van der Waals surface area (Å²) in [6.07, 6.45) is 0.401. The number of fused-ring (bicyclic) bond motifs is 2. The molecule has 0 fully saturated rings. The van der Waals surface area contributed by atoms with Crippen LogP contribution in [0.2, 0.25) is 0 Å². The molecule has 2 N–H and O–H groups in total. The summed E-state index contributed by atoms with van der Waals surface area (Å²) in [6, 6.07) is 8.54. The molecule has 10 heteroatoms. The lowest BCUT2D eigenvalue weighted by atomic mass is 10.2. The predicted octanol–water partition coefficient (Wildman–Crippen LogP) is 2.28. The zero-order valence-corrected chi connectivity index (χ0v) is 18.5. The number of nitrogens with one attached hydrogen (secondary N) is 2. The maximum absolute atomic E-state index is 12.8. The van der Waals surface area contributed by atoms with Gasteiger partial charge in [0.15, 0.2) is 6.10 Å². The summed E-state index contributed by atoms with van der Waals surface area (Å²) in [7, 11) is 0. The van der Waals surface area contributed by atoms with Gasteiger partial charge in [-0.1, -0.05) is 30.3 Å². The van der Waals surface area contributed by atoms with Crippen LogP contribution >= 0.6 is 11.3 Å². The minimum Gasteiger partial charge on any atom is -0.448 e. The molecule has 1 aliphatic heterocycles. The molecule has 1 atom stereocenters. The third-order valence-electron chi connectivity index (χ3n) is 5.28. The van der Waals surface area contributed by atoms with Crippen molar-refractivity contribution in [3.63, 3.8) is 0 Å². The SMILES string of the molecule is Cc1c(C(=O)OC(C)C(=O)NC(=O)NCc2ccccc2)sc2nc3n(c(=O)c12)CCC3. The highest BCUT2D eigenvalue weighted by atomic mass is 32.1. The number of aryl methyl sites for hydroxylation is 2. The molecule has 2 aromatic heterocycles. The van der Waals surface area contributed by atoms with Gasteiger partial charge in [-0.3, -0.25) is 19.5 Å². The number of aromatic nitrogens is 2. The van der Waals surface area contributed by atoms with Crippen LogP contribution in [0.4, 0.5) is 4.79 Å². The van der Waals surface area contributed by atoms with Crippen molar-refractivity contribution < 1.29 is 19.1 Å². The third kappa shape index (κ3) is 4.26. The van der Waals surface area contributed by atoms with Crippen LogP contribution in [-0.2, 0) is 29.0 Å². The number of benzene rings is 1. The normalized spacial score (nSPS) is 13.4. The van der Waals surface area contributed by atoms with Gasteiger partial charge in [0.1, 0.15) is 15.5 Å². The van der Waals surface area contributed by atoms with E-state index in [1.807, 2.05) is 30.3 Å². The fourth-order valence-corrected chi connectivity index (χ4v) is 4.65. The summed E-state index contributed by atoms with van der Waals surface area (Å²) in [4.78, 5) is 54.9. The van der Waals surface area contributed by atoms with E-state index in [1.54, 1.807) is 11.5 Å². The second-order valence-corrected chi connectivity index (χ2v) is 8.53. The number of thiophene rings is 1. The van der Waals surface area contributed by atoms with Crippen LogP contribution in [0.5, 0.6) is 0 Å². The molecule has 166 valence electrons. The zero-order valence-electron chi connectivity index (χ0n) is 17.6. The Kier molecular flexibility index (Phi) is 6.04. The quantitative estimate of drug-likeness (QED) is 0.571. The number of rotatable bonds is 5. The van der Waals surface area contributed by atoms with Crippen LogP contribution in [-0.4, -0.2) is 33.6 Å². The molecule has 1 aromatic carbocycles. The Morgan fingerprint density at radius 1 is 1.25 bits per heavy atom. The Balaban J connectivity index is 1.40. The van der Waals surface area contributed by atoms with E-state index in [2.05, 4.69) is 15.6 Å².